The molecule has 4 unspecified atom stereocenters. The summed E-state index contributed by atoms with van der Waals surface area (Å²) in [4.78, 5) is 57.3. The number of Topliss-reactive ketones (excluding diaryl/α,β-unsaturated/α-hetero) is 2. The van der Waals surface area contributed by atoms with Crippen LogP contribution in [-0.2, 0) is 38.1 Å². The summed E-state index contributed by atoms with van der Waals surface area (Å²) < 4.78 is 30.6. The molecule has 13 atom stereocenters. The van der Waals surface area contributed by atoms with Gasteiger partial charge in [0, 0.05) is 30.9 Å². The number of rotatable bonds is 7. The summed E-state index contributed by atoms with van der Waals surface area (Å²) in [6.45, 7) is 17.5. The molecule has 3 rings (SSSR count). The lowest BCUT2D eigenvalue weighted by molar-refractivity contribution is -0.295. The molecule has 12 nitrogen and oxygen atoms in total. The van der Waals surface area contributed by atoms with Gasteiger partial charge in [0.05, 0.1) is 23.9 Å². The van der Waals surface area contributed by atoms with E-state index in [1.54, 1.807) is 41.5 Å². The van der Waals surface area contributed by atoms with E-state index in [2.05, 4.69) is 11.9 Å². The topological polar surface area (TPSA) is 150 Å². The summed E-state index contributed by atoms with van der Waals surface area (Å²) in [6, 6.07) is -1.09. The largest absolute Gasteiger partial charge is 0.457 e. The Morgan fingerprint density at radius 3 is 2.26 bits per heavy atom. The van der Waals surface area contributed by atoms with E-state index >= 15 is 0 Å². The molecular weight excluding hydrogens is 596 g/mol. The average molecular weight is 653 g/mol. The highest BCUT2D eigenvalue weighted by Crippen LogP contribution is 2.42. The van der Waals surface area contributed by atoms with Crippen LogP contribution >= 0.6 is 0 Å². The minimum Gasteiger partial charge on any atom is -0.457 e. The first-order valence-corrected chi connectivity index (χ1v) is 16.4. The van der Waals surface area contributed by atoms with Gasteiger partial charge in [-0.1, -0.05) is 33.8 Å². The Kier molecular flexibility index (Phi) is 11.9. The van der Waals surface area contributed by atoms with Gasteiger partial charge >= 0.3 is 12.1 Å². The number of aliphatic hydroxyl groups excluding tert-OH is 1. The van der Waals surface area contributed by atoms with E-state index in [0.29, 0.717) is 6.42 Å². The number of hydrogen-bond donors (Lipinski definition) is 2. The number of fused-ring (bicyclic) bond motifs is 1. The van der Waals surface area contributed by atoms with Gasteiger partial charge in [0.1, 0.15) is 23.4 Å². The molecule has 0 saturated carbocycles. The fourth-order valence-corrected chi connectivity index (χ4v) is 7.76. The zero-order valence-electron chi connectivity index (χ0n) is 29.5. The number of ether oxygens (including phenoxy) is 5. The van der Waals surface area contributed by atoms with Crippen molar-refractivity contribution in [2.75, 3.05) is 21.2 Å². The van der Waals surface area contributed by atoms with E-state index < -0.39 is 82.9 Å². The number of methoxy groups -OCH3 is 1. The number of likely N-dealkylation sites (N-methyl/N-ethyl adjacent to an activating group) is 1. The Morgan fingerprint density at radius 1 is 1.09 bits per heavy atom. The number of allylic oxidation sites excluding steroid dienone is 1. The molecule has 0 spiro atoms. The van der Waals surface area contributed by atoms with E-state index in [1.165, 1.54) is 20.1 Å². The standard InChI is InChI=1S/C34H56N2O10/c1-13-15-32(7)27(39)21(6)28(45-29-25(38)22(36(10)11)16-19(4)43-29)33(8,42-12)17-18(3)24(37)20(5)26-34(9,46-31(41)35-26)23(14-2)44-30(32)40/h13,18-23,25-26,28-29,38H,1,14-17H2,2-12H3,(H,35,41)/t18-,19-,20+,21+,22+,23-,25-,26?,28-,29?,32?,33+,34?/m1/s1. The van der Waals surface area contributed by atoms with Crippen molar-refractivity contribution in [2.45, 2.75) is 135 Å². The number of nitrogens with one attached hydrogen (secondary N) is 1. The predicted molar refractivity (Wildman–Crippen MR) is 170 cm³/mol. The number of carbonyl (C=O) groups excluding carboxylic acids is 4. The summed E-state index contributed by atoms with van der Waals surface area (Å²) in [6.07, 6.45) is -2.77. The first kappa shape index (κ1) is 38.1. The molecule has 1 amide bonds. The molecule has 2 N–H and O–H groups in total. The van der Waals surface area contributed by atoms with Crippen LogP contribution in [0.3, 0.4) is 0 Å². The summed E-state index contributed by atoms with van der Waals surface area (Å²) >= 11 is 0. The summed E-state index contributed by atoms with van der Waals surface area (Å²) in [7, 11) is 5.21. The van der Waals surface area contributed by atoms with E-state index in [4.69, 9.17) is 23.7 Å². The number of esters is 1. The number of hydrogen-bond acceptors (Lipinski definition) is 11. The van der Waals surface area contributed by atoms with Crippen molar-refractivity contribution in [3.05, 3.63) is 12.7 Å². The van der Waals surface area contributed by atoms with Crippen LogP contribution in [0.15, 0.2) is 12.7 Å². The van der Waals surface area contributed by atoms with Crippen LogP contribution < -0.4 is 5.32 Å². The Hall–Kier alpha value is -2.38. The van der Waals surface area contributed by atoms with Crippen LogP contribution in [0.1, 0.15) is 81.1 Å². The number of ketones is 2. The zero-order chi connectivity index (χ0) is 34.9. The number of nitrogens with zero attached hydrogens (tertiary/aromatic N) is 1. The van der Waals surface area contributed by atoms with E-state index in [1.807, 2.05) is 25.9 Å². The fraction of sp³-hybridized carbons (Fsp3) is 0.824. The number of aliphatic hydroxyl groups is 1. The van der Waals surface area contributed by atoms with Gasteiger partial charge in [-0.15, -0.1) is 6.58 Å². The lowest BCUT2D eigenvalue weighted by Gasteiger charge is -2.47. The lowest BCUT2D eigenvalue weighted by Crippen LogP contribution is -2.61. The average Bonchev–Trinajstić information content (AvgIpc) is 3.31. The maximum absolute atomic E-state index is 14.6. The van der Waals surface area contributed by atoms with Gasteiger partial charge in [-0.25, -0.2) is 4.79 Å². The third-order valence-corrected chi connectivity index (χ3v) is 10.6. The van der Waals surface area contributed by atoms with Crippen LogP contribution in [-0.4, -0.2) is 109 Å². The second-order valence-electron chi connectivity index (χ2n) is 14.4. The summed E-state index contributed by atoms with van der Waals surface area (Å²) in [5, 5.41) is 14.1. The van der Waals surface area contributed by atoms with Crippen molar-refractivity contribution in [3.63, 3.8) is 0 Å². The number of alkyl carbamates (subject to hydrolysis) is 1. The number of carbonyl (C=O) groups is 4. The second kappa shape index (κ2) is 14.4. The van der Waals surface area contributed by atoms with Crippen LogP contribution in [0.4, 0.5) is 4.79 Å². The summed E-state index contributed by atoms with van der Waals surface area (Å²) in [5.41, 5.74) is -4.35. The normalized spacial score (nSPS) is 44.5. The third-order valence-electron chi connectivity index (χ3n) is 10.6. The number of cyclic esters (lactones) is 1. The Morgan fingerprint density at radius 2 is 1.72 bits per heavy atom. The molecule has 3 fully saturated rings. The zero-order valence-corrected chi connectivity index (χ0v) is 29.5. The van der Waals surface area contributed by atoms with Gasteiger partial charge in [-0.3, -0.25) is 14.4 Å². The highest BCUT2D eigenvalue weighted by Gasteiger charge is 2.59. The van der Waals surface area contributed by atoms with E-state index in [0.717, 1.165) is 0 Å². The van der Waals surface area contributed by atoms with Gasteiger partial charge < -0.3 is 39.0 Å². The monoisotopic (exact) mass is 652 g/mol. The van der Waals surface area contributed by atoms with Crippen LogP contribution in [0, 0.1) is 23.2 Å². The third kappa shape index (κ3) is 7.06. The van der Waals surface area contributed by atoms with Gasteiger partial charge in [-0.2, -0.15) is 0 Å². The molecule has 46 heavy (non-hydrogen) atoms. The minimum atomic E-state index is -1.70. The molecule has 3 aliphatic heterocycles. The van der Waals surface area contributed by atoms with Gasteiger partial charge in [0.15, 0.2) is 17.7 Å². The molecule has 0 aromatic rings. The molecule has 3 saturated heterocycles. The van der Waals surface area contributed by atoms with Crippen LogP contribution in [0.2, 0.25) is 0 Å². The maximum atomic E-state index is 14.6. The van der Waals surface area contributed by atoms with Gasteiger partial charge in [-0.05, 0) is 67.5 Å². The predicted octanol–water partition coefficient (Wildman–Crippen LogP) is 3.42. The molecule has 262 valence electrons. The SMILES string of the molecule is C=CCC1(C)C(=O)O[C@H](CC)C2(C)OC(=O)NC2[C@@H](C)C(=O)[C@H](C)C[C@](C)(OC)[C@H](OC2O[C@H](C)C[C@H](N(C)C)[C@H]2O)[C@@H](C)C1=O. The maximum Gasteiger partial charge on any atom is 0.408 e. The molecule has 0 bridgehead atoms. The Labute approximate surface area is 273 Å². The van der Waals surface area contributed by atoms with Crippen molar-refractivity contribution in [2.24, 2.45) is 23.2 Å². The molecule has 3 aliphatic rings. The first-order valence-electron chi connectivity index (χ1n) is 16.4. The van der Waals surface area contributed by atoms with E-state index in [-0.39, 0.29) is 37.2 Å². The van der Waals surface area contributed by atoms with Crippen molar-refractivity contribution in [3.8, 4) is 0 Å². The quantitative estimate of drug-likeness (QED) is 0.237. The highest BCUT2D eigenvalue weighted by molar-refractivity contribution is 6.05. The van der Waals surface area contributed by atoms with Crippen LogP contribution in [0.25, 0.3) is 0 Å². The fourth-order valence-electron chi connectivity index (χ4n) is 7.76. The smallest absolute Gasteiger partial charge is 0.408 e. The first-order chi connectivity index (χ1) is 21.3. The molecule has 0 radical (unpaired) electrons. The van der Waals surface area contributed by atoms with Crippen molar-refractivity contribution in [1.29, 1.82) is 0 Å². The summed E-state index contributed by atoms with van der Waals surface area (Å²) in [5.74, 6) is -3.82. The van der Waals surface area contributed by atoms with Crippen molar-refractivity contribution >= 4 is 23.6 Å². The molecule has 0 aliphatic carbocycles. The van der Waals surface area contributed by atoms with Crippen LogP contribution in [0.5, 0.6) is 0 Å². The minimum absolute atomic E-state index is 0.0341. The highest BCUT2D eigenvalue weighted by atomic mass is 16.7. The van der Waals surface area contributed by atoms with Gasteiger partial charge in [0.25, 0.3) is 0 Å². The van der Waals surface area contributed by atoms with Gasteiger partial charge in [0.2, 0.25) is 0 Å². The molecule has 3 heterocycles. The molecule has 0 aromatic heterocycles. The molecular formula is C34H56N2O10. The Bertz CT molecular complexity index is 1160. The van der Waals surface area contributed by atoms with Crippen molar-refractivity contribution < 1.29 is 48.0 Å². The molecule has 0 aromatic carbocycles. The van der Waals surface area contributed by atoms with E-state index in [9.17, 15) is 24.3 Å². The Balaban J connectivity index is 2.20. The molecule has 12 heteroatoms. The lowest BCUT2D eigenvalue weighted by atomic mass is 9.70. The number of amides is 1. The second-order valence-corrected chi connectivity index (χ2v) is 14.4. The van der Waals surface area contributed by atoms with Crippen molar-refractivity contribution in [1.82, 2.24) is 10.2 Å².